The molecule has 1 atom stereocenters. The lowest BCUT2D eigenvalue weighted by Crippen LogP contribution is -2.47. The van der Waals surface area contributed by atoms with Crippen LogP contribution >= 0.6 is 0 Å². The number of nitrogens with zero attached hydrogens (tertiary/aromatic N) is 3. The summed E-state index contributed by atoms with van der Waals surface area (Å²) in [5.74, 6) is 0.146. The smallest absolute Gasteiger partial charge is 0.251 e. The van der Waals surface area contributed by atoms with Gasteiger partial charge in [-0.1, -0.05) is 6.07 Å². The minimum Gasteiger partial charge on any atom is -0.496 e. The first kappa shape index (κ1) is 22.0. The van der Waals surface area contributed by atoms with Crippen molar-refractivity contribution in [2.24, 2.45) is 0 Å². The van der Waals surface area contributed by atoms with Gasteiger partial charge in [0.25, 0.3) is 5.91 Å². The number of fused-ring (bicyclic) bond motifs is 1. The fourth-order valence-corrected chi connectivity index (χ4v) is 4.58. The zero-order valence-electron chi connectivity index (χ0n) is 18.9. The number of hydrogen-bond donors (Lipinski definition) is 2. The molecule has 0 unspecified atom stereocenters. The number of nitrogens with one attached hydrogen (secondary N) is 2. The van der Waals surface area contributed by atoms with Gasteiger partial charge in [0, 0.05) is 53.6 Å². The first-order valence-corrected chi connectivity index (χ1v) is 11.4. The van der Waals surface area contributed by atoms with Crippen LogP contribution in [0.3, 0.4) is 0 Å². The first-order chi connectivity index (χ1) is 16.6. The van der Waals surface area contributed by atoms with Gasteiger partial charge in [0.05, 0.1) is 12.6 Å². The molecule has 2 N–H and O–H groups in total. The van der Waals surface area contributed by atoms with Gasteiger partial charge in [-0.15, -0.1) is 0 Å². The van der Waals surface area contributed by atoms with Crippen LogP contribution in [-0.4, -0.2) is 52.2 Å². The zero-order chi connectivity index (χ0) is 23.5. The summed E-state index contributed by atoms with van der Waals surface area (Å²) in [5, 5.41) is 11.5. The van der Waals surface area contributed by atoms with Crippen LogP contribution in [0.15, 0.2) is 60.9 Å². The molecule has 1 aliphatic heterocycles. The lowest BCUT2D eigenvalue weighted by atomic mass is 10.0. The van der Waals surface area contributed by atoms with E-state index in [9.17, 15) is 9.18 Å². The molecule has 1 saturated heterocycles. The Kier molecular flexibility index (Phi) is 6.22. The molecule has 1 amide bonds. The van der Waals surface area contributed by atoms with Crippen molar-refractivity contribution in [1.29, 1.82) is 0 Å². The van der Waals surface area contributed by atoms with Crippen LogP contribution in [0.5, 0.6) is 5.75 Å². The van der Waals surface area contributed by atoms with Crippen molar-refractivity contribution in [3.05, 3.63) is 77.9 Å². The number of ether oxygens (including phenoxy) is 1. The van der Waals surface area contributed by atoms with Gasteiger partial charge in [0.1, 0.15) is 17.3 Å². The van der Waals surface area contributed by atoms with E-state index >= 15 is 0 Å². The summed E-state index contributed by atoms with van der Waals surface area (Å²) in [6.07, 6.45) is 5.25. The number of aromatic amines is 1. The Morgan fingerprint density at radius 3 is 2.91 bits per heavy atom. The van der Waals surface area contributed by atoms with Crippen molar-refractivity contribution in [3.8, 4) is 17.0 Å². The topological polar surface area (TPSA) is 83.1 Å². The Balaban J connectivity index is 1.30. The maximum atomic E-state index is 14.4. The van der Waals surface area contributed by atoms with Crippen molar-refractivity contribution in [2.75, 3.05) is 20.2 Å². The van der Waals surface area contributed by atoms with E-state index in [2.05, 4.69) is 25.4 Å². The number of piperidine rings is 1. The predicted octanol–water partition coefficient (Wildman–Crippen LogP) is 4.17. The number of halogens is 1. The number of hydrogen-bond acceptors (Lipinski definition) is 5. The summed E-state index contributed by atoms with van der Waals surface area (Å²) in [7, 11) is 1.55. The van der Waals surface area contributed by atoms with E-state index in [1.807, 2.05) is 24.3 Å². The van der Waals surface area contributed by atoms with Crippen molar-refractivity contribution in [3.63, 3.8) is 0 Å². The number of H-pyrrole nitrogens is 1. The molecule has 2 aromatic carbocycles. The van der Waals surface area contributed by atoms with Crippen LogP contribution in [0.25, 0.3) is 22.2 Å². The van der Waals surface area contributed by atoms with E-state index in [1.54, 1.807) is 37.7 Å². The minimum absolute atomic E-state index is 0.0151. The zero-order valence-corrected chi connectivity index (χ0v) is 18.9. The van der Waals surface area contributed by atoms with Gasteiger partial charge in [-0.05, 0) is 61.9 Å². The molecule has 8 heteroatoms. The Morgan fingerprint density at radius 2 is 2.09 bits per heavy atom. The van der Waals surface area contributed by atoms with Gasteiger partial charge in [-0.3, -0.25) is 19.8 Å². The molecule has 0 aliphatic carbocycles. The van der Waals surface area contributed by atoms with E-state index < -0.39 is 0 Å². The second-order valence-corrected chi connectivity index (χ2v) is 8.54. The third kappa shape index (κ3) is 4.49. The van der Waals surface area contributed by atoms with Crippen LogP contribution in [0, 0.1) is 5.82 Å². The molecule has 0 spiro atoms. The molecule has 34 heavy (non-hydrogen) atoms. The van der Waals surface area contributed by atoms with Crippen LogP contribution in [0.2, 0.25) is 0 Å². The van der Waals surface area contributed by atoms with Crippen LogP contribution < -0.4 is 10.1 Å². The van der Waals surface area contributed by atoms with Crippen molar-refractivity contribution < 1.29 is 13.9 Å². The number of rotatable bonds is 6. The van der Waals surface area contributed by atoms with Crippen molar-refractivity contribution in [2.45, 2.75) is 25.4 Å². The fraction of sp³-hybridized carbons (Fsp3) is 0.269. The molecular formula is C26H26FN5O2. The number of amides is 1. The van der Waals surface area contributed by atoms with Crippen molar-refractivity contribution in [1.82, 2.24) is 25.4 Å². The number of likely N-dealkylation sites (tertiary alicyclic amines) is 1. The van der Waals surface area contributed by atoms with Gasteiger partial charge in [0.15, 0.2) is 0 Å². The number of benzene rings is 2. The lowest BCUT2D eigenvalue weighted by molar-refractivity contribution is 0.0899. The largest absolute Gasteiger partial charge is 0.496 e. The van der Waals surface area contributed by atoms with Crippen LogP contribution in [0.1, 0.15) is 28.8 Å². The summed E-state index contributed by atoms with van der Waals surface area (Å²) in [6, 6.07) is 14.2. The maximum Gasteiger partial charge on any atom is 0.251 e. The number of pyridine rings is 1. The van der Waals surface area contributed by atoms with Gasteiger partial charge >= 0.3 is 0 Å². The normalized spacial score (nSPS) is 16.5. The summed E-state index contributed by atoms with van der Waals surface area (Å²) >= 11 is 0. The maximum absolute atomic E-state index is 14.4. The molecule has 0 saturated carbocycles. The molecule has 0 bridgehead atoms. The molecule has 174 valence electrons. The van der Waals surface area contributed by atoms with Gasteiger partial charge < -0.3 is 10.1 Å². The SMILES string of the molecule is COc1cccc(F)c1CN1CCC[C@@H](NC(=O)c2ccc3[nH]nc(-c4ccncc4)c3c2)C1. The molecule has 4 aromatic rings. The molecule has 1 fully saturated rings. The average Bonchev–Trinajstić information content (AvgIpc) is 3.29. The highest BCUT2D eigenvalue weighted by molar-refractivity contribution is 6.01. The average molecular weight is 460 g/mol. The standard InChI is InChI=1S/C26H26FN5O2/c1-34-24-6-2-5-22(27)21(24)16-32-13-3-4-19(15-32)29-26(33)18-7-8-23-20(14-18)25(31-30-23)17-9-11-28-12-10-17/h2,5-12,14,19H,3-4,13,15-16H2,1H3,(H,29,33)(H,30,31)/t19-/m1/s1. The Morgan fingerprint density at radius 1 is 1.24 bits per heavy atom. The van der Waals surface area contributed by atoms with Gasteiger partial charge in [-0.2, -0.15) is 5.10 Å². The number of carbonyl (C=O) groups is 1. The van der Waals surface area contributed by atoms with Crippen LogP contribution in [0.4, 0.5) is 4.39 Å². The Bertz CT molecular complexity index is 1310. The third-order valence-corrected chi connectivity index (χ3v) is 6.30. The summed E-state index contributed by atoms with van der Waals surface area (Å²) in [4.78, 5) is 19.3. The molecule has 3 heterocycles. The summed E-state index contributed by atoms with van der Waals surface area (Å²) in [5.41, 5.74) is 3.72. The lowest BCUT2D eigenvalue weighted by Gasteiger charge is -2.33. The molecular weight excluding hydrogens is 433 g/mol. The highest BCUT2D eigenvalue weighted by Gasteiger charge is 2.24. The summed E-state index contributed by atoms with van der Waals surface area (Å²) in [6.45, 7) is 1.94. The number of methoxy groups -OCH3 is 1. The molecule has 5 rings (SSSR count). The molecule has 0 radical (unpaired) electrons. The Hall–Kier alpha value is -3.78. The van der Waals surface area contributed by atoms with E-state index in [0.717, 1.165) is 41.5 Å². The fourth-order valence-electron chi connectivity index (χ4n) is 4.58. The summed E-state index contributed by atoms with van der Waals surface area (Å²) < 4.78 is 19.7. The number of aromatic nitrogens is 3. The molecule has 7 nitrogen and oxygen atoms in total. The van der Waals surface area contributed by atoms with E-state index in [0.29, 0.717) is 30.0 Å². The first-order valence-electron chi connectivity index (χ1n) is 11.4. The molecule has 2 aromatic heterocycles. The second-order valence-electron chi connectivity index (χ2n) is 8.54. The molecule has 1 aliphatic rings. The third-order valence-electron chi connectivity index (χ3n) is 6.30. The van der Waals surface area contributed by atoms with E-state index in [4.69, 9.17) is 4.74 Å². The number of carbonyl (C=O) groups excluding carboxylic acids is 1. The monoisotopic (exact) mass is 459 g/mol. The highest BCUT2D eigenvalue weighted by Crippen LogP contribution is 2.27. The minimum atomic E-state index is -0.274. The van der Waals surface area contributed by atoms with Gasteiger partial charge in [0.2, 0.25) is 0 Å². The van der Waals surface area contributed by atoms with Gasteiger partial charge in [-0.25, -0.2) is 4.39 Å². The van der Waals surface area contributed by atoms with E-state index in [-0.39, 0.29) is 17.8 Å². The predicted molar refractivity (Wildman–Crippen MR) is 128 cm³/mol. The van der Waals surface area contributed by atoms with E-state index in [1.165, 1.54) is 6.07 Å². The van der Waals surface area contributed by atoms with Crippen LogP contribution in [-0.2, 0) is 6.54 Å². The Labute approximate surface area is 197 Å². The highest BCUT2D eigenvalue weighted by atomic mass is 19.1. The second kappa shape index (κ2) is 9.61. The quantitative estimate of drug-likeness (QED) is 0.452. The van der Waals surface area contributed by atoms with Crippen molar-refractivity contribution >= 4 is 16.8 Å².